The van der Waals surface area contributed by atoms with E-state index in [0.717, 1.165) is 59.1 Å². The van der Waals surface area contributed by atoms with Crippen LogP contribution in [-0.4, -0.2) is 47.1 Å². The molecule has 0 atom stereocenters. The third-order valence-corrected chi connectivity index (χ3v) is 6.59. The summed E-state index contributed by atoms with van der Waals surface area (Å²) < 4.78 is 14.2. The van der Waals surface area contributed by atoms with Crippen molar-refractivity contribution in [3.05, 3.63) is 65.5 Å². The first-order chi connectivity index (χ1) is 17.4. The Labute approximate surface area is 208 Å². The van der Waals surface area contributed by atoms with Gasteiger partial charge in [0, 0.05) is 24.2 Å². The summed E-state index contributed by atoms with van der Waals surface area (Å²) in [5, 5.41) is 13.2. The van der Waals surface area contributed by atoms with Crippen LogP contribution in [0.3, 0.4) is 0 Å². The minimum Gasteiger partial charge on any atom is -0.486 e. The number of nitrogens with zero attached hydrogens (tertiary/aromatic N) is 2. The third kappa shape index (κ3) is 4.70. The molecular weight excluding hydrogens is 456 g/mol. The van der Waals surface area contributed by atoms with Crippen molar-refractivity contribution in [3.8, 4) is 11.5 Å². The van der Waals surface area contributed by atoms with Gasteiger partial charge in [0.1, 0.15) is 17.8 Å². The van der Waals surface area contributed by atoms with Gasteiger partial charge >= 0.3 is 0 Å². The number of primary amides is 1. The smallest absolute Gasteiger partial charge is 0.255 e. The number of fused-ring (bicyclic) bond motifs is 2. The van der Waals surface area contributed by atoms with Gasteiger partial charge in [-0.3, -0.25) is 10.2 Å². The highest BCUT2D eigenvalue weighted by atomic mass is 16.5. The van der Waals surface area contributed by atoms with Gasteiger partial charge in [-0.1, -0.05) is 36.4 Å². The monoisotopic (exact) mass is 486 g/mol. The Morgan fingerprint density at radius 3 is 2.58 bits per heavy atom. The van der Waals surface area contributed by atoms with E-state index in [1.165, 1.54) is 0 Å². The summed E-state index contributed by atoms with van der Waals surface area (Å²) in [6.07, 6.45) is 1.85. The molecule has 9 heteroatoms. The molecule has 6 N–H and O–H groups in total. The molecule has 3 aromatic carbocycles. The quantitative estimate of drug-likeness (QED) is 0.223. The Morgan fingerprint density at radius 1 is 1.11 bits per heavy atom. The standard InChI is InChI=1S/C27H30N6O3/c1-16-32-22-12-25(36-18-8-10-31-11-9-18)24(35-15-26(28)34)13-23(22)33(16)14-17-6-7-21(27(29)30)20-5-3-2-4-19(17)20/h2-7,12-13,18,31H,8-11,14-15H2,1H3,(H2,28,34)(H3,29,30). The number of carbonyl (C=O) groups is 1. The number of benzene rings is 3. The van der Waals surface area contributed by atoms with E-state index in [-0.39, 0.29) is 18.5 Å². The number of amides is 1. The van der Waals surface area contributed by atoms with Gasteiger partial charge in [-0.2, -0.15) is 0 Å². The van der Waals surface area contributed by atoms with Crippen molar-refractivity contribution < 1.29 is 14.3 Å². The Hall–Kier alpha value is -4.11. The number of hydrogen-bond donors (Lipinski definition) is 4. The second-order valence-corrected chi connectivity index (χ2v) is 9.09. The fraction of sp³-hybridized carbons (Fsp3) is 0.296. The van der Waals surface area contributed by atoms with Crippen molar-refractivity contribution in [1.82, 2.24) is 14.9 Å². The number of aromatic nitrogens is 2. The molecule has 0 saturated carbocycles. The van der Waals surface area contributed by atoms with Gasteiger partial charge in [0.15, 0.2) is 18.1 Å². The van der Waals surface area contributed by atoms with Crippen LogP contribution in [0.15, 0.2) is 48.5 Å². The van der Waals surface area contributed by atoms with E-state index in [1.807, 2.05) is 55.5 Å². The number of piperidine rings is 1. The Morgan fingerprint density at radius 2 is 1.86 bits per heavy atom. The lowest BCUT2D eigenvalue weighted by Crippen LogP contribution is -2.34. The van der Waals surface area contributed by atoms with Crippen molar-refractivity contribution in [2.75, 3.05) is 19.7 Å². The van der Waals surface area contributed by atoms with E-state index in [4.69, 9.17) is 31.3 Å². The molecule has 0 bridgehead atoms. The lowest BCUT2D eigenvalue weighted by Gasteiger charge is -2.25. The van der Waals surface area contributed by atoms with Crippen LogP contribution in [0.25, 0.3) is 21.8 Å². The topological polar surface area (TPSA) is 141 Å². The molecule has 36 heavy (non-hydrogen) atoms. The zero-order valence-electron chi connectivity index (χ0n) is 20.2. The lowest BCUT2D eigenvalue weighted by molar-refractivity contribution is -0.119. The normalized spacial score (nSPS) is 14.2. The van der Waals surface area contributed by atoms with E-state index in [1.54, 1.807) is 0 Å². The van der Waals surface area contributed by atoms with E-state index >= 15 is 0 Å². The van der Waals surface area contributed by atoms with E-state index in [0.29, 0.717) is 23.6 Å². The molecule has 2 heterocycles. The Bertz CT molecular complexity index is 1460. The largest absolute Gasteiger partial charge is 0.486 e. The summed E-state index contributed by atoms with van der Waals surface area (Å²) in [6.45, 7) is 4.08. The summed E-state index contributed by atoms with van der Waals surface area (Å²) in [5.41, 5.74) is 14.6. The van der Waals surface area contributed by atoms with Gasteiger partial charge in [-0.15, -0.1) is 0 Å². The molecule has 9 nitrogen and oxygen atoms in total. The van der Waals surface area contributed by atoms with Crippen LogP contribution < -0.4 is 26.3 Å². The lowest BCUT2D eigenvalue weighted by atomic mass is 9.99. The maximum Gasteiger partial charge on any atom is 0.255 e. The number of hydrogen-bond acceptors (Lipinski definition) is 6. The van der Waals surface area contributed by atoms with Crippen LogP contribution >= 0.6 is 0 Å². The van der Waals surface area contributed by atoms with Gasteiger partial charge in [0.05, 0.1) is 11.0 Å². The van der Waals surface area contributed by atoms with Crippen molar-refractivity contribution in [3.63, 3.8) is 0 Å². The molecule has 0 aliphatic carbocycles. The summed E-state index contributed by atoms with van der Waals surface area (Å²) in [6, 6.07) is 15.6. The van der Waals surface area contributed by atoms with E-state index in [9.17, 15) is 4.79 Å². The predicted octanol–water partition coefficient (Wildman–Crippen LogP) is 2.83. The number of amidine groups is 1. The second kappa shape index (κ2) is 9.87. The molecule has 1 aromatic heterocycles. The minimum absolute atomic E-state index is 0.0412. The van der Waals surface area contributed by atoms with Gasteiger partial charge in [0.2, 0.25) is 0 Å². The number of ether oxygens (including phenoxy) is 2. The van der Waals surface area contributed by atoms with E-state index in [2.05, 4.69) is 9.88 Å². The van der Waals surface area contributed by atoms with Gasteiger partial charge in [0.25, 0.3) is 5.91 Å². The minimum atomic E-state index is -0.551. The molecular formula is C27H30N6O3. The first-order valence-corrected chi connectivity index (χ1v) is 12.0. The number of aryl methyl sites for hydroxylation is 1. The Kier molecular flexibility index (Phi) is 6.47. The number of carbonyl (C=O) groups excluding carboxylic acids is 1. The highest BCUT2D eigenvalue weighted by Gasteiger charge is 2.20. The molecule has 1 aliphatic heterocycles. The SMILES string of the molecule is Cc1nc2cc(OC3CCNCC3)c(OCC(N)=O)cc2n1Cc1ccc(C(=N)N)c2ccccc12. The fourth-order valence-electron chi connectivity index (χ4n) is 4.80. The maximum absolute atomic E-state index is 11.5. The van der Waals surface area contributed by atoms with Crippen molar-refractivity contribution in [2.24, 2.45) is 11.5 Å². The second-order valence-electron chi connectivity index (χ2n) is 9.09. The molecule has 4 aromatic rings. The Balaban J connectivity index is 1.56. The van der Waals surface area contributed by atoms with Crippen LogP contribution in [0, 0.1) is 12.3 Å². The molecule has 0 unspecified atom stereocenters. The molecule has 1 saturated heterocycles. The predicted molar refractivity (Wildman–Crippen MR) is 140 cm³/mol. The van der Waals surface area contributed by atoms with Crippen molar-refractivity contribution in [1.29, 1.82) is 5.41 Å². The molecule has 186 valence electrons. The molecule has 1 aliphatic rings. The summed E-state index contributed by atoms with van der Waals surface area (Å²) in [5.74, 6) is 1.36. The number of nitrogen functional groups attached to an aromatic ring is 1. The highest BCUT2D eigenvalue weighted by Crippen LogP contribution is 2.35. The average Bonchev–Trinajstić information content (AvgIpc) is 3.16. The first kappa shape index (κ1) is 23.6. The van der Waals surface area contributed by atoms with Crippen molar-refractivity contribution in [2.45, 2.75) is 32.4 Å². The van der Waals surface area contributed by atoms with Gasteiger partial charge in [-0.05, 0) is 49.2 Å². The van der Waals surface area contributed by atoms with Crippen LogP contribution in [-0.2, 0) is 11.3 Å². The van der Waals surface area contributed by atoms with Crippen LogP contribution in [0.1, 0.15) is 29.8 Å². The average molecular weight is 487 g/mol. The van der Waals surface area contributed by atoms with Crippen LogP contribution in [0.5, 0.6) is 11.5 Å². The summed E-state index contributed by atoms with van der Waals surface area (Å²) in [4.78, 5) is 16.3. The van der Waals surface area contributed by atoms with Crippen LogP contribution in [0.4, 0.5) is 0 Å². The first-order valence-electron chi connectivity index (χ1n) is 12.0. The number of imidazole rings is 1. The van der Waals surface area contributed by atoms with Gasteiger partial charge in [-0.25, -0.2) is 4.98 Å². The molecule has 1 amide bonds. The zero-order chi connectivity index (χ0) is 25.2. The number of rotatable bonds is 8. The van der Waals surface area contributed by atoms with Gasteiger partial charge < -0.3 is 30.8 Å². The molecule has 1 fully saturated rings. The molecule has 0 spiro atoms. The highest BCUT2D eigenvalue weighted by molar-refractivity contribution is 6.08. The molecule has 0 radical (unpaired) electrons. The maximum atomic E-state index is 11.5. The number of nitrogens with two attached hydrogens (primary N) is 2. The van der Waals surface area contributed by atoms with E-state index < -0.39 is 5.91 Å². The number of nitrogens with one attached hydrogen (secondary N) is 2. The molecule has 5 rings (SSSR count). The summed E-state index contributed by atoms with van der Waals surface area (Å²) >= 11 is 0. The zero-order valence-corrected chi connectivity index (χ0v) is 20.2. The summed E-state index contributed by atoms with van der Waals surface area (Å²) in [7, 11) is 0. The van der Waals surface area contributed by atoms with Crippen LogP contribution in [0.2, 0.25) is 0 Å². The third-order valence-electron chi connectivity index (χ3n) is 6.59. The fourth-order valence-corrected chi connectivity index (χ4v) is 4.80. The van der Waals surface area contributed by atoms with Crippen molar-refractivity contribution >= 4 is 33.5 Å².